The van der Waals surface area contributed by atoms with Gasteiger partial charge in [0, 0.05) is 11.8 Å². The first-order chi connectivity index (χ1) is 10.6. The van der Waals surface area contributed by atoms with E-state index in [1.165, 1.54) is 25.5 Å². The minimum absolute atomic E-state index is 0.00689. The number of H-pyrrole nitrogens is 2. The lowest BCUT2D eigenvalue weighted by atomic mass is 9.82. The van der Waals surface area contributed by atoms with E-state index in [2.05, 4.69) is 15.3 Å². The van der Waals surface area contributed by atoms with Gasteiger partial charge in [-0.3, -0.25) is 14.6 Å². The Bertz CT molecular complexity index is 657. The molecule has 1 atom stereocenters. The van der Waals surface area contributed by atoms with Gasteiger partial charge in [0.2, 0.25) is 5.91 Å². The number of carbonyl (C=O) groups is 1. The van der Waals surface area contributed by atoms with Crippen molar-refractivity contribution in [1.29, 1.82) is 0 Å². The molecule has 2 fully saturated rings. The molecule has 2 aliphatic rings. The number of hydrogen-bond donors (Lipinski definition) is 3. The summed E-state index contributed by atoms with van der Waals surface area (Å²) in [6.45, 7) is 0.535. The summed E-state index contributed by atoms with van der Waals surface area (Å²) in [5.74, 6) is -0.223. The minimum Gasteiger partial charge on any atom is -0.373 e. The van der Waals surface area contributed by atoms with Crippen LogP contribution in [-0.2, 0) is 16.0 Å². The standard InChI is InChI=1S/C15H21N3O4/c19-12(6-10-8-16-14(21)18-13(10)20)17-11-7-15(22-9-11)4-2-1-3-5-15/h8,11H,1-7,9H2,(H,17,19)(H2,16,18,20,21)/t11-/m1/s1. The lowest BCUT2D eigenvalue weighted by Crippen LogP contribution is -2.39. The first-order valence-corrected chi connectivity index (χ1v) is 7.81. The van der Waals surface area contributed by atoms with Gasteiger partial charge in [-0.15, -0.1) is 0 Å². The van der Waals surface area contributed by atoms with Gasteiger partial charge in [0.25, 0.3) is 5.56 Å². The van der Waals surface area contributed by atoms with E-state index >= 15 is 0 Å². The lowest BCUT2D eigenvalue weighted by molar-refractivity contribution is -0.121. The smallest absolute Gasteiger partial charge is 0.325 e. The molecule has 1 saturated heterocycles. The molecule has 1 aromatic rings. The maximum Gasteiger partial charge on any atom is 0.325 e. The highest BCUT2D eigenvalue weighted by atomic mass is 16.5. The molecule has 1 aliphatic carbocycles. The Labute approximate surface area is 127 Å². The molecular weight excluding hydrogens is 286 g/mol. The zero-order chi connectivity index (χ0) is 15.6. The van der Waals surface area contributed by atoms with Gasteiger partial charge in [-0.05, 0) is 19.3 Å². The van der Waals surface area contributed by atoms with Crippen LogP contribution in [0.15, 0.2) is 15.8 Å². The van der Waals surface area contributed by atoms with Gasteiger partial charge in [-0.1, -0.05) is 19.3 Å². The van der Waals surface area contributed by atoms with Crippen molar-refractivity contribution in [3.05, 3.63) is 32.6 Å². The van der Waals surface area contributed by atoms with Gasteiger partial charge in [0.1, 0.15) is 0 Å². The fraction of sp³-hybridized carbons (Fsp3) is 0.667. The summed E-state index contributed by atoms with van der Waals surface area (Å²) in [4.78, 5) is 39.1. The molecular formula is C15H21N3O4. The van der Waals surface area contributed by atoms with E-state index in [-0.39, 0.29) is 29.5 Å². The van der Waals surface area contributed by atoms with Crippen LogP contribution < -0.4 is 16.6 Å². The Hall–Kier alpha value is -1.89. The SMILES string of the molecule is O=C(Cc1c[nH]c(=O)[nH]c1=O)N[C@H]1COC2(CCCCC2)C1. The van der Waals surface area contributed by atoms with Crippen LogP contribution in [0.5, 0.6) is 0 Å². The van der Waals surface area contributed by atoms with Crippen molar-refractivity contribution in [3.8, 4) is 0 Å². The molecule has 1 saturated carbocycles. The van der Waals surface area contributed by atoms with Crippen LogP contribution in [0.25, 0.3) is 0 Å². The topological polar surface area (TPSA) is 104 Å². The summed E-state index contributed by atoms with van der Waals surface area (Å²) < 4.78 is 5.95. The normalized spacial score (nSPS) is 23.5. The number of carbonyl (C=O) groups excluding carboxylic acids is 1. The van der Waals surface area contributed by atoms with E-state index < -0.39 is 11.2 Å². The molecule has 2 heterocycles. The van der Waals surface area contributed by atoms with E-state index in [4.69, 9.17) is 4.74 Å². The highest BCUT2D eigenvalue weighted by Crippen LogP contribution is 2.39. The van der Waals surface area contributed by atoms with Crippen molar-refractivity contribution in [2.24, 2.45) is 0 Å². The maximum absolute atomic E-state index is 12.1. The predicted octanol–water partition coefficient (Wildman–Crippen LogP) is 0.214. The van der Waals surface area contributed by atoms with Crippen LogP contribution in [0.2, 0.25) is 0 Å². The van der Waals surface area contributed by atoms with E-state index in [1.807, 2.05) is 0 Å². The second kappa shape index (κ2) is 6.08. The molecule has 3 rings (SSSR count). The zero-order valence-corrected chi connectivity index (χ0v) is 12.4. The van der Waals surface area contributed by atoms with Gasteiger partial charge in [-0.2, -0.15) is 0 Å². The number of amides is 1. The largest absolute Gasteiger partial charge is 0.373 e. The van der Waals surface area contributed by atoms with Crippen LogP contribution in [-0.4, -0.2) is 34.1 Å². The van der Waals surface area contributed by atoms with Crippen LogP contribution >= 0.6 is 0 Å². The molecule has 0 aromatic carbocycles. The molecule has 7 heteroatoms. The second-order valence-corrected chi connectivity index (χ2v) is 6.30. The van der Waals surface area contributed by atoms with Crippen molar-refractivity contribution >= 4 is 5.91 Å². The number of aromatic nitrogens is 2. The van der Waals surface area contributed by atoms with Gasteiger partial charge >= 0.3 is 5.69 Å². The van der Waals surface area contributed by atoms with E-state index in [0.29, 0.717) is 6.61 Å². The Kier molecular flexibility index (Phi) is 4.15. The molecule has 0 bridgehead atoms. The Morgan fingerprint density at radius 2 is 2.09 bits per heavy atom. The molecule has 1 aromatic heterocycles. The summed E-state index contributed by atoms with van der Waals surface area (Å²) in [5, 5.41) is 2.93. The first kappa shape index (κ1) is 15.0. The van der Waals surface area contributed by atoms with Crippen LogP contribution in [0.1, 0.15) is 44.1 Å². The highest BCUT2D eigenvalue weighted by molar-refractivity contribution is 5.78. The minimum atomic E-state index is -0.572. The quantitative estimate of drug-likeness (QED) is 0.742. The molecule has 7 nitrogen and oxygen atoms in total. The molecule has 0 unspecified atom stereocenters. The van der Waals surface area contributed by atoms with Gasteiger partial charge in [0.05, 0.1) is 24.7 Å². The van der Waals surface area contributed by atoms with Crippen molar-refractivity contribution in [2.75, 3.05) is 6.61 Å². The van der Waals surface area contributed by atoms with E-state index in [1.54, 1.807) is 0 Å². The molecule has 1 amide bonds. The van der Waals surface area contributed by atoms with Crippen molar-refractivity contribution in [1.82, 2.24) is 15.3 Å². The zero-order valence-electron chi connectivity index (χ0n) is 12.4. The second-order valence-electron chi connectivity index (χ2n) is 6.30. The molecule has 22 heavy (non-hydrogen) atoms. The van der Waals surface area contributed by atoms with Crippen molar-refractivity contribution < 1.29 is 9.53 Å². The molecule has 0 radical (unpaired) electrons. The average Bonchev–Trinajstić information content (AvgIpc) is 2.85. The third-order valence-electron chi connectivity index (χ3n) is 4.59. The average molecular weight is 307 g/mol. The highest BCUT2D eigenvalue weighted by Gasteiger charge is 2.41. The Morgan fingerprint density at radius 3 is 2.82 bits per heavy atom. The van der Waals surface area contributed by atoms with Gasteiger partial charge in [0.15, 0.2) is 0 Å². The molecule has 1 aliphatic heterocycles. The summed E-state index contributed by atoms with van der Waals surface area (Å²) in [7, 11) is 0. The van der Waals surface area contributed by atoms with Crippen molar-refractivity contribution in [3.63, 3.8) is 0 Å². The Morgan fingerprint density at radius 1 is 1.32 bits per heavy atom. The molecule has 3 N–H and O–H groups in total. The molecule has 1 spiro atoms. The fourth-order valence-corrected chi connectivity index (χ4v) is 3.50. The summed E-state index contributed by atoms with van der Waals surface area (Å²) >= 11 is 0. The number of nitrogens with one attached hydrogen (secondary N) is 3. The fourth-order valence-electron chi connectivity index (χ4n) is 3.50. The predicted molar refractivity (Wildman–Crippen MR) is 79.7 cm³/mol. The number of aromatic amines is 2. The number of ether oxygens (including phenoxy) is 1. The number of hydrogen-bond acceptors (Lipinski definition) is 4. The van der Waals surface area contributed by atoms with Crippen LogP contribution in [0.3, 0.4) is 0 Å². The molecule has 120 valence electrons. The maximum atomic E-state index is 12.1. The lowest BCUT2D eigenvalue weighted by Gasteiger charge is -2.32. The van der Waals surface area contributed by atoms with Gasteiger partial charge in [-0.25, -0.2) is 4.79 Å². The monoisotopic (exact) mass is 307 g/mol. The van der Waals surface area contributed by atoms with Crippen LogP contribution in [0.4, 0.5) is 0 Å². The van der Waals surface area contributed by atoms with Crippen molar-refractivity contribution in [2.45, 2.75) is 56.6 Å². The van der Waals surface area contributed by atoms with Gasteiger partial charge < -0.3 is 15.0 Å². The van der Waals surface area contributed by atoms with E-state index in [0.717, 1.165) is 19.3 Å². The van der Waals surface area contributed by atoms with E-state index in [9.17, 15) is 14.4 Å². The Balaban J connectivity index is 1.56. The van der Waals surface area contributed by atoms with Crippen LogP contribution in [0, 0.1) is 0 Å². The third kappa shape index (κ3) is 3.30. The third-order valence-corrected chi connectivity index (χ3v) is 4.59. The summed E-state index contributed by atoms with van der Waals surface area (Å²) in [5.41, 5.74) is -0.891. The number of rotatable bonds is 3. The summed E-state index contributed by atoms with van der Waals surface area (Å²) in [6, 6.07) is 0.00689. The first-order valence-electron chi connectivity index (χ1n) is 7.81. The summed E-state index contributed by atoms with van der Waals surface area (Å²) in [6.07, 6.45) is 7.86.